The Morgan fingerprint density at radius 1 is 0.620 bits per heavy atom. The number of aromatic nitrogens is 2. The fourth-order valence-electron chi connectivity index (χ4n) is 7.96. The predicted molar refractivity (Wildman–Crippen MR) is 200 cm³/mol. The lowest BCUT2D eigenvalue weighted by atomic mass is 9.87. The molecule has 0 radical (unpaired) electrons. The molecule has 50 heavy (non-hydrogen) atoms. The lowest BCUT2D eigenvalue weighted by Crippen LogP contribution is -2.12. The molecule has 2 heterocycles. The molecule has 234 valence electrons. The van der Waals surface area contributed by atoms with Crippen molar-refractivity contribution >= 4 is 44.5 Å². The Morgan fingerprint density at radius 3 is 2.02 bits per heavy atom. The normalized spacial score (nSPS) is 15.3. The molecule has 0 fully saturated rings. The average molecular weight is 640 g/mol. The van der Waals surface area contributed by atoms with Crippen molar-refractivity contribution in [2.75, 3.05) is 0 Å². The van der Waals surface area contributed by atoms with E-state index in [0.29, 0.717) is 23.1 Å². The van der Waals surface area contributed by atoms with E-state index in [1.165, 1.54) is 22.0 Å². The second-order valence-corrected chi connectivity index (χ2v) is 13.0. The van der Waals surface area contributed by atoms with E-state index in [2.05, 4.69) is 124 Å². The van der Waals surface area contributed by atoms with Gasteiger partial charge in [-0.25, -0.2) is 0 Å². The fraction of sp³-hybridized carbons (Fsp3) is 0.0889. The molecule has 0 saturated heterocycles. The van der Waals surface area contributed by atoms with E-state index < -0.39 is 0 Å². The van der Waals surface area contributed by atoms with Gasteiger partial charge in [0.2, 0.25) is 0 Å². The number of para-hydroxylation sites is 2. The zero-order valence-corrected chi connectivity index (χ0v) is 27.1. The van der Waals surface area contributed by atoms with E-state index in [1.807, 2.05) is 36.4 Å². The number of benzene rings is 5. The summed E-state index contributed by atoms with van der Waals surface area (Å²) in [6.07, 6.45) is 11.0. The van der Waals surface area contributed by atoms with Crippen molar-refractivity contribution < 1.29 is 0 Å². The third-order valence-corrected chi connectivity index (χ3v) is 10.3. The van der Waals surface area contributed by atoms with Gasteiger partial charge in [-0.05, 0) is 78.9 Å². The smallest absolute Gasteiger partial charge is 0.101 e. The SMILES string of the molecule is N#CC1=C(n2c3c(c4cc(C#N)ccc42)C=CCC3)CC(c2ccc(-c3ccc(C#N)cc3-n3c4ccccc4c4ccccc43)cc2)C=C1. The average Bonchev–Trinajstić information content (AvgIpc) is 3.70. The molecule has 1 unspecified atom stereocenters. The molecule has 5 heteroatoms. The summed E-state index contributed by atoms with van der Waals surface area (Å²) < 4.78 is 4.56. The molecule has 5 nitrogen and oxygen atoms in total. The molecule has 0 saturated carbocycles. The molecule has 2 aromatic heterocycles. The van der Waals surface area contributed by atoms with Crippen LogP contribution in [0, 0.1) is 34.0 Å². The van der Waals surface area contributed by atoms with Crippen LogP contribution in [0.1, 0.15) is 46.7 Å². The molecule has 0 aliphatic heterocycles. The Balaban J connectivity index is 1.12. The Labute approximate surface area is 289 Å². The van der Waals surface area contributed by atoms with Gasteiger partial charge >= 0.3 is 0 Å². The van der Waals surface area contributed by atoms with Crippen LogP contribution in [0.5, 0.6) is 0 Å². The highest BCUT2D eigenvalue weighted by Crippen LogP contribution is 2.42. The molecular weight excluding hydrogens is 611 g/mol. The van der Waals surface area contributed by atoms with Gasteiger partial charge in [-0.2, -0.15) is 15.8 Å². The second kappa shape index (κ2) is 11.7. The minimum absolute atomic E-state index is 0.0829. The third-order valence-electron chi connectivity index (χ3n) is 10.3. The van der Waals surface area contributed by atoms with Crippen LogP contribution in [0.15, 0.2) is 133 Å². The first-order valence-corrected chi connectivity index (χ1v) is 16.9. The van der Waals surface area contributed by atoms with E-state index in [9.17, 15) is 15.8 Å². The highest BCUT2D eigenvalue weighted by atomic mass is 15.0. The Bertz CT molecular complexity index is 2710. The van der Waals surface area contributed by atoms with Crippen LogP contribution in [0.2, 0.25) is 0 Å². The van der Waals surface area contributed by atoms with Crippen LogP contribution in [0.4, 0.5) is 0 Å². The van der Waals surface area contributed by atoms with E-state index in [0.717, 1.165) is 62.9 Å². The van der Waals surface area contributed by atoms with E-state index >= 15 is 0 Å². The van der Waals surface area contributed by atoms with Crippen molar-refractivity contribution in [1.82, 2.24) is 9.13 Å². The van der Waals surface area contributed by atoms with E-state index in [1.54, 1.807) is 0 Å². The van der Waals surface area contributed by atoms with Crippen molar-refractivity contribution in [3.05, 3.63) is 161 Å². The molecule has 5 aromatic carbocycles. The number of rotatable bonds is 4. The topological polar surface area (TPSA) is 81.2 Å². The van der Waals surface area contributed by atoms with E-state index in [-0.39, 0.29) is 5.92 Å². The van der Waals surface area contributed by atoms with Crippen LogP contribution in [0.3, 0.4) is 0 Å². The quantitative estimate of drug-likeness (QED) is 0.192. The second-order valence-electron chi connectivity index (χ2n) is 13.0. The summed E-state index contributed by atoms with van der Waals surface area (Å²) in [5.41, 5.74) is 12.7. The Kier molecular flexibility index (Phi) is 6.84. The Hall–Kier alpha value is -6.87. The molecule has 0 bridgehead atoms. The van der Waals surface area contributed by atoms with Gasteiger partial charge in [-0.15, -0.1) is 0 Å². The van der Waals surface area contributed by atoms with Crippen molar-refractivity contribution in [3.8, 4) is 35.0 Å². The summed E-state index contributed by atoms with van der Waals surface area (Å²) in [6, 6.07) is 44.5. The number of nitriles is 3. The molecule has 7 aromatic rings. The molecule has 0 spiro atoms. The third kappa shape index (κ3) is 4.51. The standard InChI is InChI=1S/C45H29N5/c46-26-29-14-22-43-39(23-29)38-9-3-6-12-42(38)49(43)44-25-33(19-20-34(44)28-48)31-15-17-32(18-16-31)35-21-13-30(27-47)24-45(35)50-40-10-4-1-7-36(40)37-8-2-5-11-41(37)50/h1-5,7-11,13-24,33H,6,12,25H2. The molecular formula is C45H29N5. The summed E-state index contributed by atoms with van der Waals surface area (Å²) in [5.74, 6) is 0.0829. The largest absolute Gasteiger partial charge is 0.315 e. The van der Waals surface area contributed by atoms with Crippen molar-refractivity contribution in [2.24, 2.45) is 0 Å². The molecule has 1 atom stereocenters. The van der Waals surface area contributed by atoms with Gasteiger partial charge in [-0.3, -0.25) is 0 Å². The van der Waals surface area contributed by atoms with Crippen molar-refractivity contribution in [3.63, 3.8) is 0 Å². The van der Waals surface area contributed by atoms with Gasteiger partial charge in [0.05, 0.1) is 51.1 Å². The van der Waals surface area contributed by atoms with Gasteiger partial charge < -0.3 is 9.13 Å². The first-order chi connectivity index (χ1) is 24.7. The summed E-state index contributed by atoms with van der Waals surface area (Å²) in [4.78, 5) is 0. The lowest BCUT2D eigenvalue weighted by Gasteiger charge is -2.24. The van der Waals surface area contributed by atoms with Gasteiger partial charge in [0.15, 0.2) is 0 Å². The maximum Gasteiger partial charge on any atom is 0.101 e. The monoisotopic (exact) mass is 639 g/mol. The summed E-state index contributed by atoms with van der Waals surface area (Å²) >= 11 is 0. The predicted octanol–water partition coefficient (Wildman–Crippen LogP) is 10.6. The lowest BCUT2D eigenvalue weighted by molar-refractivity contribution is 0.800. The summed E-state index contributed by atoms with van der Waals surface area (Å²) in [7, 11) is 0. The van der Waals surface area contributed by atoms with Gasteiger partial charge in [-0.1, -0.05) is 85.0 Å². The zero-order chi connectivity index (χ0) is 33.8. The maximum absolute atomic E-state index is 10.3. The zero-order valence-electron chi connectivity index (χ0n) is 27.1. The first-order valence-electron chi connectivity index (χ1n) is 16.9. The molecule has 0 amide bonds. The summed E-state index contributed by atoms with van der Waals surface area (Å²) in [6.45, 7) is 0. The van der Waals surface area contributed by atoms with Crippen LogP contribution in [-0.4, -0.2) is 9.13 Å². The summed E-state index contributed by atoms with van der Waals surface area (Å²) in [5, 5.41) is 33.2. The van der Waals surface area contributed by atoms with Crippen molar-refractivity contribution in [2.45, 2.75) is 25.2 Å². The molecule has 2 aliphatic carbocycles. The van der Waals surface area contributed by atoms with Crippen LogP contribution in [-0.2, 0) is 6.42 Å². The number of hydrogen-bond acceptors (Lipinski definition) is 3. The highest BCUT2D eigenvalue weighted by molar-refractivity contribution is 6.09. The minimum Gasteiger partial charge on any atom is -0.315 e. The number of allylic oxidation sites excluding steroid dienone is 5. The van der Waals surface area contributed by atoms with Gasteiger partial charge in [0, 0.05) is 44.6 Å². The Morgan fingerprint density at radius 2 is 1.30 bits per heavy atom. The number of hydrogen-bond donors (Lipinski definition) is 0. The van der Waals surface area contributed by atoms with Gasteiger partial charge in [0.1, 0.15) is 6.07 Å². The van der Waals surface area contributed by atoms with Crippen LogP contribution >= 0.6 is 0 Å². The molecule has 2 aliphatic rings. The first kappa shape index (κ1) is 29.3. The molecule has 9 rings (SSSR count). The minimum atomic E-state index is 0.0829. The van der Waals surface area contributed by atoms with Crippen LogP contribution < -0.4 is 0 Å². The number of fused-ring (bicyclic) bond motifs is 6. The highest BCUT2D eigenvalue weighted by Gasteiger charge is 2.26. The fourth-order valence-corrected chi connectivity index (χ4v) is 7.96. The van der Waals surface area contributed by atoms with Gasteiger partial charge in [0.25, 0.3) is 0 Å². The van der Waals surface area contributed by atoms with Crippen LogP contribution in [0.25, 0.3) is 61.3 Å². The number of nitrogens with zero attached hydrogens (tertiary/aromatic N) is 5. The molecule has 0 N–H and O–H groups in total. The van der Waals surface area contributed by atoms with E-state index in [4.69, 9.17) is 0 Å². The maximum atomic E-state index is 10.3. The van der Waals surface area contributed by atoms with Crippen molar-refractivity contribution in [1.29, 1.82) is 15.8 Å².